The fraction of sp³-hybridized carbons (Fsp3) is 0.111. The van der Waals surface area contributed by atoms with Gasteiger partial charge >= 0.3 is 5.97 Å². The second-order valence-electron chi connectivity index (χ2n) is 2.77. The van der Waals surface area contributed by atoms with E-state index in [1.807, 2.05) is 6.07 Å². The lowest BCUT2D eigenvalue weighted by Crippen LogP contribution is -2.05. The first kappa shape index (κ1) is 9.32. The van der Waals surface area contributed by atoms with Crippen molar-refractivity contribution in [1.82, 2.24) is 20.6 Å². The predicted octanol–water partition coefficient (Wildman–Crippen LogP) is 0.557. The number of aromatic nitrogens is 4. The number of nitrogens with one attached hydrogen (secondary N) is 1. The number of ether oxygens (including phenoxy) is 1. The Morgan fingerprint density at radius 3 is 2.80 bits per heavy atom. The van der Waals surface area contributed by atoms with Crippen LogP contribution in [0.3, 0.4) is 0 Å². The molecular formula is C9H8N4O2. The molecule has 6 nitrogen and oxygen atoms in total. The maximum atomic E-state index is 11.4. The van der Waals surface area contributed by atoms with Gasteiger partial charge in [0.25, 0.3) is 0 Å². The highest BCUT2D eigenvalue weighted by Crippen LogP contribution is 2.02. The quantitative estimate of drug-likeness (QED) is 0.738. The standard InChI is InChI=1S/C9H8N4O2/c14-9(7-4-2-1-3-5-7)15-6-8-10-12-13-11-8/h1-5H,6H2,(H,10,11,12,13). The van der Waals surface area contributed by atoms with Crippen LogP contribution in [-0.4, -0.2) is 26.6 Å². The van der Waals surface area contributed by atoms with E-state index < -0.39 is 5.97 Å². The molecule has 0 saturated heterocycles. The molecular weight excluding hydrogens is 196 g/mol. The summed E-state index contributed by atoms with van der Waals surface area (Å²) in [4.78, 5) is 11.4. The van der Waals surface area contributed by atoms with E-state index in [2.05, 4.69) is 20.6 Å². The van der Waals surface area contributed by atoms with E-state index in [4.69, 9.17) is 4.74 Å². The van der Waals surface area contributed by atoms with E-state index in [-0.39, 0.29) is 6.61 Å². The summed E-state index contributed by atoms with van der Waals surface area (Å²) in [5.74, 6) is -0.0559. The fourth-order valence-electron chi connectivity index (χ4n) is 1.03. The molecule has 0 atom stereocenters. The molecule has 0 saturated carbocycles. The van der Waals surface area contributed by atoms with Crippen LogP contribution < -0.4 is 0 Å². The lowest BCUT2D eigenvalue weighted by atomic mass is 10.2. The third kappa shape index (κ3) is 2.37. The average molecular weight is 204 g/mol. The largest absolute Gasteiger partial charge is 0.454 e. The van der Waals surface area contributed by atoms with Gasteiger partial charge < -0.3 is 4.74 Å². The van der Waals surface area contributed by atoms with E-state index in [1.54, 1.807) is 24.3 Å². The van der Waals surface area contributed by atoms with Gasteiger partial charge in [0.15, 0.2) is 6.61 Å². The molecule has 0 bridgehead atoms. The van der Waals surface area contributed by atoms with Crippen LogP contribution in [0.4, 0.5) is 0 Å². The molecule has 1 N–H and O–H groups in total. The first-order valence-electron chi connectivity index (χ1n) is 4.31. The zero-order valence-electron chi connectivity index (χ0n) is 7.75. The predicted molar refractivity (Wildman–Crippen MR) is 49.7 cm³/mol. The molecule has 0 spiro atoms. The molecule has 0 radical (unpaired) electrons. The number of hydrogen-bond donors (Lipinski definition) is 1. The number of carbonyl (C=O) groups excluding carboxylic acids is 1. The van der Waals surface area contributed by atoms with Crippen LogP contribution in [0.5, 0.6) is 0 Å². The molecule has 0 aliphatic carbocycles. The normalized spacial score (nSPS) is 9.87. The van der Waals surface area contributed by atoms with Gasteiger partial charge in [0.05, 0.1) is 5.56 Å². The Morgan fingerprint density at radius 2 is 2.13 bits per heavy atom. The number of nitrogens with zero attached hydrogens (tertiary/aromatic N) is 3. The van der Waals surface area contributed by atoms with Crippen LogP contribution in [0.1, 0.15) is 16.2 Å². The number of carbonyl (C=O) groups is 1. The lowest BCUT2D eigenvalue weighted by molar-refractivity contribution is 0.0462. The number of H-pyrrole nitrogens is 1. The van der Waals surface area contributed by atoms with Gasteiger partial charge in [-0.3, -0.25) is 0 Å². The molecule has 0 aliphatic rings. The highest BCUT2D eigenvalue weighted by molar-refractivity contribution is 5.89. The molecule has 1 aromatic heterocycles. The van der Waals surface area contributed by atoms with Crippen molar-refractivity contribution in [3.8, 4) is 0 Å². The van der Waals surface area contributed by atoms with Crippen LogP contribution in [0, 0.1) is 0 Å². The monoisotopic (exact) mass is 204 g/mol. The highest BCUT2D eigenvalue weighted by atomic mass is 16.5. The average Bonchev–Trinajstić information content (AvgIpc) is 2.80. The summed E-state index contributed by atoms with van der Waals surface area (Å²) >= 11 is 0. The van der Waals surface area contributed by atoms with Crippen molar-refractivity contribution in [3.63, 3.8) is 0 Å². The Morgan fingerprint density at radius 1 is 1.33 bits per heavy atom. The summed E-state index contributed by atoms with van der Waals surface area (Å²) in [6.07, 6.45) is 0. The summed E-state index contributed by atoms with van der Waals surface area (Å²) < 4.78 is 4.95. The Balaban J connectivity index is 1.94. The van der Waals surface area contributed by atoms with Crippen LogP contribution in [-0.2, 0) is 11.3 Å². The smallest absolute Gasteiger partial charge is 0.338 e. The van der Waals surface area contributed by atoms with Crippen molar-refractivity contribution in [1.29, 1.82) is 0 Å². The van der Waals surface area contributed by atoms with Gasteiger partial charge in [-0.05, 0) is 12.1 Å². The zero-order valence-corrected chi connectivity index (χ0v) is 7.75. The molecule has 1 heterocycles. The Labute approximate surface area is 85.3 Å². The molecule has 15 heavy (non-hydrogen) atoms. The third-order valence-corrected chi connectivity index (χ3v) is 1.73. The van der Waals surface area contributed by atoms with E-state index in [9.17, 15) is 4.79 Å². The van der Waals surface area contributed by atoms with E-state index >= 15 is 0 Å². The lowest BCUT2D eigenvalue weighted by Gasteiger charge is -2.00. The molecule has 0 amide bonds. The Bertz CT molecular complexity index is 427. The highest BCUT2D eigenvalue weighted by Gasteiger charge is 2.07. The van der Waals surface area contributed by atoms with Crippen molar-refractivity contribution in [3.05, 3.63) is 41.7 Å². The van der Waals surface area contributed by atoms with E-state index in [0.717, 1.165) is 0 Å². The second-order valence-corrected chi connectivity index (χ2v) is 2.77. The van der Waals surface area contributed by atoms with Gasteiger partial charge in [0, 0.05) is 0 Å². The maximum Gasteiger partial charge on any atom is 0.338 e. The van der Waals surface area contributed by atoms with Gasteiger partial charge in [0.2, 0.25) is 5.82 Å². The maximum absolute atomic E-state index is 11.4. The van der Waals surface area contributed by atoms with E-state index in [0.29, 0.717) is 11.4 Å². The minimum absolute atomic E-state index is 0.0181. The first-order chi connectivity index (χ1) is 7.36. The van der Waals surface area contributed by atoms with Crippen molar-refractivity contribution in [2.75, 3.05) is 0 Å². The minimum Gasteiger partial charge on any atom is -0.454 e. The van der Waals surface area contributed by atoms with Gasteiger partial charge in [-0.25, -0.2) is 4.79 Å². The second kappa shape index (κ2) is 4.32. The summed E-state index contributed by atoms with van der Waals surface area (Å²) in [5, 5.41) is 12.9. The topological polar surface area (TPSA) is 80.8 Å². The molecule has 2 rings (SSSR count). The fourth-order valence-corrected chi connectivity index (χ4v) is 1.03. The van der Waals surface area contributed by atoms with Crippen LogP contribution >= 0.6 is 0 Å². The molecule has 6 heteroatoms. The molecule has 1 aromatic carbocycles. The number of aromatic amines is 1. The van der Waals surface area contributed by atoms with Gasteiger partial charge in [-0.15, -0.1) is 10.2 Å². The van der Waals surface area contributed by atoms with Crippen LogP contribution in [0.15, 0.2) is 30.3 Å². The third-order valence-electron chi connectivity index (χ3n) is 1.73. The Hall–Kier alpha value is -2.24. The Kier molecular flexibility index (Phi) is 2.68. The van der Waals surface area contributed by atoms with Crippen LogP contribution in [0.25, 0.3) is 0 Å². The van der Waals surface area contributed by atoms with Crippen molar-refractivity contribution < 1.29 is 9.53 Å². The number of tetrazole rings is 1. The van der Waals surface area contributed by atoms with Crippen molar-refractivity contribution >= 4 is 5.97 Å². The number of esters is 1. The number of rotatable bonds is 3. The summed E-state index contributed by atoms with van der Waals surface area (Å²) in [6, 6.07) is 8.73. The molecule has 0 aliphatic heterocycles. The number of hydrogen-bond acceptors (Lipinski definition) is 5. The molecule has 76 valence electrons. The summed E-state index contributed by atoms with van der Waals surface area (Å²) in [6.45, 7) is 0.0181. The summed E-state index contributed by atoms with van der Waals surface area (Å²) in [5.41, 5.74) is 0.501. The van der Waals surface area contributed by atoms with Gasteiger partial charge in [-0.2, -0.15) is 5.21 Å². The molecule has 2 aromatic rings. The minimum atomic E-state index is -0.402. The zero-order chi connectivity index (χ0) is 10.5. The van der Waals surface area contributed by atoms with Crippen molar-refractivity contribution in [2.24, 2.45) is 0 Å². The van der Waals surface area contributed by atoms with E-state index in [1.165, 1.54) is 0 Å². The van der Waals surface area contributed by atoms with Gasteiger partial charge in [0.1, 0.15) is 0 Å². The van der Waals surface area contributed by atoms with Gasteiger partial charge in [-0.1, -0.05) is 23.4 Å². The van der Waals surface area contributed by atoms with Crippen molar-refractivity contribution in [2.45, 2.75) is 6.61 Å². The molecule has 0 fully saturated rings. The first-order valence-corrected chi connectivity index (χ1v) is 4.31. The van der Waals surface area contributed by atoms with Crippen LogP contribution in [0.2, 0.25) is 0 Å². The molecule has 0 unspecified atom stereocenters. The summed E-state index contributed by atoms with van der Waals surface area (Å²) in [7, 11) is 0. The SMILES string of the molecule is O=C(OCc1nn[nH]n1)c1ccccc1. The number of benzene rings is 1.